The molecule has 0 heterocycles. The SMILES string of the molecule is O=[N+]([O-])N(C[c-]1cccc1)c1ccccc1.[Fe+2].c1cc[cH-]c1. The third-order valence-electron chi connectivity index (χ3n) is 2.87. The molecular formula is C17H16FeN2O2. The summed E-state index contributed by atoms with van der Waals surface area (Å²) >= 11 is 0. The van der Waals surface area contributed by atoms with Gasteiger partial charge < -0.3 is 0 Å². The van der Waals surface area contributed by atoms with E-state index >= 15 is 0 Å². The van der Waals surface area contributed by atoms with Crippen molar-refractivity contribution in [1.29, 1.82) is 0 Å². The van der Waals surface area contributed by atoms with E-state index in [1.807, 2.05) is 60.7 Å². The molecule has 0 spiro atoms. The average molecular weight is 336 g/mol. The largest absolute Gasteiger partial charge is 2.00 e. The van der Waals surface area contributed by atoms with E-state index in [4.69, 9.17) is 0 Å². The number of rotatable bonds is 4. The van der Waals surface area contributed by atoms with Gasteiger partial charge in [0.15, 0.2) is 5.03 Å². The third kappa shape index (κ3) is 5.56. The van der Waals surface area contributed by atoms with Crippen molar-refractivity contribution < 1.29 is 22.1 Å². The van der Waals surface area contributed by atoms with Crippen LogP contribution in [-0.2, 0) is 23.6 Å². The summed E-state index contributed by atoms with van der Waals surface area (Å²) in [5.74, 6) is 0. The van der Waals surface area contributed by atoms with Crippen molar-refractivity contribution in [3.8, 4) is 0 Å². The molecule has 3 aromatic rings. The second-order valence-electron chi connectivity index (χ2n) is 4.39. The Morgan fingerprint density at radius 1 is 1.00 bits per heavy atom. The summed E-state index contributed by atoms with van der Waals surface area (Å²) in [5.41, 5.74) is 1.52. The first-order chi connectivity index (χ1) is 10.3. The average Bonchev–Trinajstić information content (AvgIpc) is 3.21. The Morgan fingerprint density at radius 3 is 2.05 bits per heavy atom. The Morgan fingerprint density at radius 2 is 1.59 bits per heavy atom. The molecule has 5 heteroatoms. The quantitative estimate of drug-likeness (QED) is 0.313. The Bertz CT molecular complexity index is 605. The van der Waals surface area contributed by atoms with Gasteiger partial charge >= 0.3 is 17.1 Å². The Kier molecular flexibility index (Phi) is 7.68. The number of para-hydroxylation sites is 1. The third-order valence-corrected chi connectivity index (χ3v) is 2.87. The molecule has 114 valence electrons. The van der Waals surface area contributed by atoms with Crippen LogP contribution in [-0.4, -0.2) is 5.03 Å². The maximum atomic E-state index is 11.0. The van der Waals surface area contributed by atoms with E-state index in [0.717, 1.165) is 10.6 Å². The Balaban J connectivity index is 0.000000344. The van der Waals surface area contributed by atoms with Crippen molar-refractivity contribution in [3.63, 3.8) is 0 Å². The van der Waals surface area contributed by atoms with E-state index in [2.05, 4.69) is 0 Å². The topological polar surface area (TPSA) is 46.4 Å². The van der Waals surface area contributed by atoms with Crippen LogP contribution in [0.4, 0.5) is 5.69 Å². The van der Waals surface area contributed by atoms with Gasteiger partial charge in [-0.05, 0) is 12.1 Å². The Labute approximate surface area is 140 Å². The monoisotopic (exact) mass is 336 g/mol. The molecule has 0 aromatic heterocycles. The summed E-state index contributed by atoms with van der Waals surface area (Å²) in [6, 6.07) is 26.4. The molecule has 0 unspecified atom stereocenters. The van der Waals surface area contributed by atoms with Gasteiger partial charge in [0.25, 0.3) is 0 Å². The van der Waals surface area contributed by atoms with E-state index in [-0.39, 0.29) is 28.6 Å². The van der Waals surface area contributed by atoms with Crippen LogP contribution in [0.5, 0.6) is 0 Å². The maximum Gasteiger partial charge on any atom is 2.00 e. The zero-order valence-electron chi connectivity index (χ0n) is 11.9. The molecule has 3 rings (SSSR count). The van der Waals surface area contributed by atoms with Crippen LogP contribution in [0.3, 0.4) is 0 Å². The molecule has 0 atom stereocenters. The molecule has 0 saturated carbocycles. The first-order valence-electron chi connectivity index (χ1n) is 6.61. The van der Waals surface area contributed by atoms with Gasteiger partial charge in [-0.3, -0.25) is 0 Å². The van der Waals surface area contributed by atoms with Crippen molar-refractivity contribution in [2.45, 2.75) is 6.54 Å². The molecule has 0 bridgehead atoms. The second kappa shape index (κ2) is 9.55. The predicted octanol–water partition coefficient (Wildman–Crippen LogP) is 4.01. The first-order valence-corrected chi connectivity index (χ1v) is 6.61. The molecule has 0 aliphatic heterocycles. The van der Waals surface area contributed by atoms with E-state index in [1.165, 1.54) is 0 Å². The van der Waals surface area contributed by atoms with Gasteiger partial charge in [0.1, 0.15) is 5.69 Å². The molecule has 3 aromatic carbocycles. The number of benzene rings is 1. The summed E-state index contributed by atoms with van der Waals surface area (Å²) in [6.07, 6.45) is 0. The molecule has 22 heavy (non-hydrogen) atoms. The van der Waals surface area contributed by atoms with Crippen LogP contribution in [0.2, 0.25) is 0 Å². The van der Waals surface area contributed by atoms with Crippen LogP contribution < -0.4 is 5.01 Å². The fourth-order valence-corrected chi connectivity index (χ4v) is 1.86. The number of nitrogens with zero attached hydrogens (tertiary/aromatic N) is 2. The molecule has 4 nitrogen and oxygen atoms in total. The molecule has 0 saturated heterocycles. The van der Waals surface area contributed by atoms with Gasteiger partial charge in [0.2, 0.25) is 0 Å². The van der Waals surface area contributed by atoms with Crippen LogP contribution in [0.15, 0.2) is 84.9 Å². The minimum atomic E-state index is -0.387. The molecule has 0 N–H and O–H groups in total. The van der Waals surface area contributed by atoms with Gasteiger partial charge in [-0.15, -0.1) is 10.6 Å². The van der Waals surface area contributed by atoms with Crippen LogP contribution >= 0.6 is 0 Å². The van der Waals surface area contributed by atoms with Gasteiger partial charge in [0.05, 0.1) is 6.54 Å². The summed E-state index contributed by atoms with van der Waals surface area (Å²) in [4.78, 5) is 11.0. The number of hydrazine groups is 1. The zero-order chi connectivity index (χ0) is 14.9. The van der Waals surface area contributed by atoms with Gasteiger partial charge in [0, 0.05) is 0 Å². The van der Waals surface area contributed by atoms with Gasteiger partial charge in [-0.2, -0.15) is 30.3 Å². The molecule has 0 amide bonds. The fraction of sp³-hybridized carbons (Fsp3) is 0.0588. The number of hydrogen-bond acceptors (Lipinski definition) is 2. The molecule has 0 aliphatic rings. The molecule has 0 aliphatic carbocycles. The number of hydrogen-bond donors (Lipinski definition) is 0. The van der Waals surface area contributed by atoms with Gasteiger partial charge in [-0.25, -0.2) is 34.4 Å². The second-order valence-corrected chi connectivity index (χ2v) is 4.39. The minimum absolute atomic E-state index is 0. The standard InChI is InChI=1S/C12H11N2O2.C5H5.Fe/c15-14(16)13(10-11-6-4-5-7-11)12-8-2-1-3-9-12;1-2-4-5-3-1;/h1-9H,10H2;1-5H;/q2*-1;+2. The van der Waals surface area contributed by atoms with Crippen molar-refractivity contribution in [2.75, 3.05) is 5.01 Å². The predicted molar refractivity (Wildman–Crippen MR) is 83.7 cm³/mol. The zero-order valence-corrected chi connectivity index (χ0v) is 13.0. The first kappa shape index (κ1) is 17.7. The molecule has 0 fully saturated rings. The summed E-state index contributed by atoms with van der Waals surface area (Å²) < 4.78 is 0. The smallest absolute Gasteiger partial charge is 0.234 e. The molecule has 0 radical (unpaired) electrons. The van der Waals surface area contributed by atoms with Crippen molar-refractivity contribution in [3.05, 3.63) is 101 Å². The van der Waals surface area contributed by atoms with Crippen LogP contribution in [0.25, 0.3) is 0 Å². The van der Waals surface area contributed by atoms with Crippen molar-refractivity contribution in [1.82, 2.24) is 0 Å². The van der Waals surface area contributed by atoms with Crippen LogP contribution in [0, 0.1) is 10.1 Å². The van der Waals surface area contributed by atoms with E-state index < -0.39 is 0 Å². The summed E-state index contributed by atoms with van der Waals surface area (Å²) in [6.45, 7) is 0.282. The van der Waals surface area contributed by atoms with E-state index in [9.17, 15) is 10.1 Å². The number of anilines is 1. The van der Waals surface area contributed by atoms with Crippen molar-refractivity contribution >= 4 is 5.69 Å². The summed E-state index contributed by atoms with van der Waals surface area (Å²) in [5, 5.41) is 11.7. The number of nitro groups is 1. The van der Waals surface area contributed by atoms with Crippen molar-refractivity contribution in [2.24, 2.45) is 0 Å². The van der Waals surface area contributed by atoms with Gasteiger partial charge in [-0.1, -0.05) is 18.2 Å². The molecular weight excluding hydrogens is 320 g/mol. The normalized spacial score (nSPS) is 9.09. The Hall–Kier alpha value is -2.36. The maximum absolute atomic E-state index is 11.0. The fourth-order valence-electron chi connectivity index (χ4n) is 1.86. The van der Waals surface area contributed by atoms with E-state index in [1.54, 1.807) is 24.3 Å². The minimum Gasteiger partial charge on any atom is -0.234 e. The van der Waals surface area contributed by atoms with E-state index in [0.29, 0.717) is 5.69 Å². The van der Waals surface area contributed by atoms with Crippen LogP contribution in [0.1, 0.15) is 5.56 Å². The summed E-state index contributed by atoms with van der Waals surface area (Å²) in [7, 11) is 0.